The molecule has 2 heterocycles. The summed E-state index contributed by atoms with van der Waals surface area (Å²) in [4.78, 5) is 20.4. The lowest BCUT2D eigenvalue weighted by molar-refractivity contribution is 0.0585. The fourth-order valence-corrected chi connectivity index (χ4v) is 3.33. The lowest BCUT2D eigenvalue weighted by Gasteiger charge is -2.08. The zero-order chi connectivity index (χ0) is 20.4. The van der Waals surface area contributed by atoms with E-state index >= 15 is 0 Å². The Kier molecular flexibility index (Phi) is 5.14. The second-order valence-electron chi connectivity index (χ2n) is 6.22. The molecule has 0 atom stereocenters. The number of rotatable bonds is 5. The molecule has 2 aromatic carbocycles. The van der Waals surface area contributed by atoms with Crippen molar-refractivity contribution >= 4 is 28.5 Å². The van der Waals surface area contributed by atoms with E-state index in [0.717, 1.165) is 16.5 Å². The summed E-state index contributed by atoms with van der Waals surface area (Å²) in [6, 6.07) is 17.8. The molecule has 0 amide bonds. The number of benzene rings is 2. The van der Waals surface area contributed by atoms with Gasteiger partial charge >= 0.3 is 5.97 Å². The van der Waals surface area contributed by atoms with Crippen molar-refractivity contribution in [2.24, 2.45) is 0 Å². The number of para-hydroxylation sites is 1. The number of nitrogens with zero attached hydrogens (tertiary/aromatic N) is 4. The lowest BCUT2D eigenvalue weighted by Crippen LogP contribution is -2.10. The molecule has 8 heteroatoms. The number of esters is 1. The molecule has 0 fully saturated rings. The van der Waals surface area contributed by atoms with Gasteiger partial charge in [0.05, 0.1) is 26.3 Å². The molecule has 0 bridgehead atoms. The standard InChI is InChI=1S/C21H17ClN4O3/c1-28-20-16(22)18(23-19(24-20)21(27)29-2)17-14-10-6-7-11-15(14)26(25-17)12-13-8-4-3-5-9-13/h3-11H,12H2,1-2H3. The predicted molar refractivity (Wildman–Crippen MR) is 109 cm³/mol. The highest BCUT2D eigenvalue weighted by molar-refractivity contribution is 6.34. The highest BCUT2D eigenvalue weighted by Crippen LogP contribution is 2.36. The van der Waals surface area contributed by atoms with Gasteiger partial charge in [-0.05, 0) is 11.6 Å². The number of methoxy groups -OCH3 is 2. The van der Waals surface area contributed by atoms with Crippen LogP contribution in [0.1, 0.15) is 16.2 Å². The zero-order valence-electron chi connectivity index (χ0n) is 15.8. The van der Waals surface area contributed by atoms with Gasteiger partial charge in [-0.1, -0.05) is 60.1 Å². The van der Waals surface area contributed by atoms with Gasteiger partial charge in [-0.25, -0.2) is 9.78 Å². The molecule has 0 aliphatic rings. The third-order valence-electron chi connectivity index (χ3n) is 4.44. The summed E-state index contributed by atoms with van der Waals surface area (Å²) in [6.07, 6.45) is 0. The monoisotopic (exact) mass is 408 g/mol. The first-order valence-corrected chi connectivity index (χ1v) is 9.20. The second-order valence-corrected chi connectivity index (χ2v) is 6.60. The minimum absolute atomic E-state index is 0.0822. The van der Waals surface area contributed by atoms with Crippen LogP contribution in [0.4, 0.5) is 0 Å². The molecular formula is C21H17ClN4O3. The van der Waals surface area contributed by atoms with Crippen molar-refractivity contribution in [1.82, 2.24) is 19.7 Å². The minimum Gasteiger partial charge on any atom is -0.480 e. The van der Waals surface area contributed by atoms with E-state index < -0.39 is 5.97 Å². The first kappa shape index (κ1) is 18.9. The fraction of sp³-hybridized carbons (Fsp3) is 0.143. The summed E-state index contributed by atoms with van der Waals surface area (Å²) >= 11 is 6.48. The van der Waals surface area contributed by atoms with Gasteiger partial charge in [-0.2, -0.15) is 10.1 Å². The van der Waals surface area contributed by atoms with Gasteiger partial charge in [0.25, 0.3) is 0 Å². The van der Waals surface area contributed by atoms with Crippen LogP contribution in [-0.4, -0.2) is 39.9 Å². The molecule has 0 saturated carbocycles. The SMILES string of the molecule is COC(=O)c1nc(OC)c(Cl)c(-c2nn(Cc3ccccc3)c3ccccc23)n1. The quantitative estimate of drug-likeness (QED) is 0.464. The van der Waals surface area contributed by atoms with E-state index in [1.807, 2.05) is 59.3 Å². The van der Waals surface area contributed by atoms with Crippen LogP contribution in [0.25, 0.3) is 22.3 Å². The summed E-state index contributed by atoms with van der Waals surface area (Å²) in [6.45, 7) is 0.574. The molecule has 4 aromatic rings. The van der Waals surface area contributed by atoms with Crippen molar-refractivity contribution in [2.45, 2.75) is 6.54 Å². The van der Waals surface area contributed by atoms with Crippen molar-refractivity contribution in [3.05, 3.63) is 71.0 Å². The first-order chi connectivity index (χ1) is 14.1. The molecule has 4 rings (SSSR count). The van der Waals surface area contributed by atoms with E-state index in [1.165, 1.54) is 14.2 Å². The highest BCUT2D eigenvalue weighted by Gasteiger charge is 2.23. The maximum atomic E-state index is 12.0. The Morgan fingerprint density at radius 3 is 2.45 bits per heavy atom. The van der Waals surface area contributed by atoms with Crippen LogP contribution in [0.5, 0.6) is 5.88 Å². The van der Waals surface area contributed by atoms with Gasteiger partial charge in [0.15, 0.2) is 0 Å². The molecule has 146 valence electrons. The Morgan fingerprint density at radius 1 is 1.00 bits per heavy atom. The molecule has 0 radical (unpaired) electrons. The molecule has 7 nitrogen and oxygen atoms in total. The maximum absolute atomic E-state index is 12.0. The number of halogens is 1. The predicted octanol–water partition coefficient (Wildman–Crippen LogP) is 3.99. The zero-order valence-corrected chi connectivity index (χ0v) is 16.6. The average molecular weight is 409 g/mol. The number of ether oxygens (including phenoxy) is 2. The molecule has 0 N–H and O–H groups in total. The minimum atomic E-state index is -0.686. The van der Waals surface area contributed by atoms with E-state index in [0.29, 0.717) is 17.9 Å². The largest absolute Gasteiger partial charge is 0.480 e. The summed E-state index contributed by atoms with van der Waals surface area (Å²) in [5.41, 5.74) is 2.86. The number of carbonyl (C=O) groups excluding carboxylic acids is 1. The van der Waals surface area contributed by atoms with Crippen LogP contribution in [0.2, 0.25) is 5.02 Å². The Labute approximate surface area is 171 Å². The highest BCUT2D eigenvalue weighted by atomic mass is 35.5. The Morgan fingerprint density at radius 2 is 1.72 bits per heavy atom. The molecule has 0 spiro atoms. The van der Waals surface area contributed by atoms with E-state index in [9.17, 15) is 4.79 Å². The van der Waals surface area contributed by atoms with Crippen molar-refractivity contribution in [3.8, 4) is 17.3 Å². The molecule has 0 aliphatic carbocycles. The van der Waals surface area contributed by atoms with Crippen molar-refractivity contribution in [3.63, 3.8) is 0 Å². The third kappa shape index (κ3) is 3.52. The van der Waals surface area contributed by atoms with Crippen LogP contribution >= 0.6 is 11.6 Å². The van der Waals surface area contributed by atoms with Crippen LogP contribution in [-0.2, 0) is 11.3 Å². The van der Waals surface area contributed by atoms with Crippen LogP contribution < -0.4 is 4.74 Å². The number of hydrogen-bond acceptors (Lipinski definition) is 6. The molecule has 0 aliphatic heterocycles. The van der Waals surface area contributed by atoms with E-state index in [2.05, 4.69) is 9.97 Å². The van der Waals surface area contributed by atoms with Crippen LogP contribution in [0.15, 0.2) is 54.6 Å². The molecule has 29 heavy (non-hydrogen) atoms. The normalized spacial score (nSPS) is 10.9. The molecule has 0 unspecified atom stereocenters. The molecular weight excluding hydrogens is 392 g/mol. The first-order valence-electron chi connectivity index (χ1n) is 8.82. The number of fused-ring (bicyclic) bond motifs is 1. The van der Waals surface area contributed by atoms with Crippen molar-refractivity contribution in [2.75, 3.05) is 14.2 Å². The number of hydrogen-bond donors (Lipinski definition) is 0. The third-order valence-corrected chi connectivity index (χ3v) is 4.78. The lowest BCUT2D eigenvalue weighted by atomic mass is 10.1. The topological polar surface area (TPSA) is 79.1 Å². The molecule has 0 saturated heterocycles. The van der Waals surface area contributed by atoms with Gasteiger partial charge < -0.3 is 9.47 Å². The van der Waals surface area contributed by atoms with Crippen molar-refractivity contribution < 1.29 is 14.3 Å². The van der Waals surface area contributed by atoms with Gasteiger partial charge in [0.2, 0.25) is 11.7 Å². The van der Waals surface area contributed by atoms with Gasteiger partial charge in [-0.3, -0.25) is 4.68 Å². The van der Waals surface area contributed by atoms with Crippen LogP contribution in [0.3, 0.4) is 0 Å². The van der Waals surface area contributed by atoms with Gasteiger partial charge in [0.1, 0.15) is 16.4 Å². The Hall–Kier alpha value is -3.45. The summed E-state index contributed by atoms with van der Waals surface area (Å²) in [5.74, 6) is -0.751. The Bertz CT molecular complexity index is 1190. The Balaban J connectivity index is 1.92. The smallest absolute Gasteiger partial charge is 0.376 e. The van der Waals surface area contributed by atoms with Gasteiger partial charge in [-0.15, -0.1) is 0 Å². The average Bonchev–Trinajstić information content (AvgIpc) is 3.12. The van der Waals surface area contributed by atoms with Gasteiger partial charge in [0, 0.05) is 5.39 Å². The molecule has 2 aromatic heterocycles. The summed E-state index contributed by atoms with van der Waals surface area (Å²) in [5, 5.41) is 5.78. The summed E-state index contributed by atoms with van der Waals surface area (Å²) < 4.78 is 11.9. The van der Waals surface area contributed by atoms with E-state index in [-0.39, 0.29) is 16.7 Å². The second kappa shape index (κ2) is 7.89. The van der Waals surface area contributed by atoms with Crippen LogP contribution in [0, 0.1) is 0 Å². The number of carbonyl (C=O) groups is 1. The summed E-state index contributed by atoms with van der Waals surface area (Å²) in [7, 11) is 2.68. The van der Waals surface area contributed by atoms with Crippen molar-refractivity contribution in [1.29, 1.82) is 0 Å². The number of aromatic nitrogens is 4. The fourth-order valence-electron chi connectivity index (χ4n) is 3.08. The van der Waals surface area contributed by atoms with E-state index in [1.54, 1.807) is 0 Å². The maximum Gasteiger partial charge on any atom is 0.376 e. The van der Waals surface area contributed by atoms with E-state index in [4.69, 9.17) is 26.2 Å².